The van der Waals surface area contributed by atoms with Crippen LogP contribution >= 0.6 is 0 Å². The predicted molar refractivity (Wildman–Crippen MR) is 120 cm³/mol. The van der Waals surface area contributed by atoms with Crippen molar-refractivity contribution in [2.45, 2.75) is 79.1 Å². The summed E-state index contributed by atoms with van der Waals surface area (Å²) in [5, 5.41) is 0. The summed E-state index contributed by atoms with van der Waals surface area (Å²) in [7, 11) is 0. The van der Waals surface area contributed by atoms with Crippen molar-refractivity contribution in [3.8, 4) is 11.4 Å². The number of aromatic nitrogens is 1. The van der Waals surface area contributed by atoms with Crippen molar-refractivity contribution in [2.75, 3.05) is 0 Å². The van der Waals surface area contributed by atoms with Gasteiger partial charge >= 0.3 is 5.97 Å². The van der Waals surface area contributed by atoms with Gasteiger partial charge < -0.3 is 4.74 Å². The zero-order valence-corrected chi connectivity index (χ0v) is 18.6. The van der Waals surface area contributed by atoms with Gasteiger partial charge in [0.15, 0.2) is 11.4 Å². The number of aryl methyl sites for hydroxylation is 2. The van der Waals surface area contributed by atoms with Gasteiger partial charge in [-0.15, -0.1) is 0 Å². The van der Waals surface area contributed by atoms with E-state index in [1.807, 2.05) is 24.3 Å². The molecule has 0 unspecified atom stereocenters. The van der Waals surface area contributed by atoms with Gasteiger partial charge in [-0.25, -0.2) is 4.79 Å². The van der Waals surface area contributed by atoms with Crippen LogP contribution < -0.4 is 9.30 Å². The second-order valence-corrected chi connectivity index (χ2v) is 7.96. The average molecular weight is 395 g/mol. The number of pyridine rings is 1. The molecular formula is C26H36NO2+. The Hall–Kier alpha value is -2.42. The molecule has 0 saturated heterocycles. The maximum absolute atomic E-state index is 11.7. The summed E-state index contributed by atoms with van der Waals surface area (Å²) in [6, 6.07) is 12.1. The van der Waals surface area contributed by atoms with Crippen molar-refractivity contribution in [1.29, 1.82) is 0 Å². The monoisotopic (exact) mass is 394 g/mol. The van der Waals surface area contributed by atoms with E-state index in [-0.39, 0.29) is 0 Å². The lowest BCUT2D eigenvalue weighted by Gasteiger charge is -2.09. The maximum Gasteiger partial charge on any atom is 0.338 e. The van der Waals surface area contributed by atoms with Gasteiger partial charge in [-0.2, -0.15) is 4.57 Å². The van der Waals surface area contributed by atoms with Gasteiger partial charge in [0.25, 0.3) is 0 Å². The molecule has 156 valence electrons. The third-order valence-electron chi connectivity index (χ3n) is 5.38. The van der Waals surface area contributed by atoms with Gasteiger partial charge in [-0.05, 0) is 38.0 Å². The number of nitrogens with zero attached hydrogens (tertiary/aromatic N) is 1. The lowest BCUT2D eigenvalue weighted by Crippen LogP contribution is -2.38. The van der Waals surface area contributed by atoms with Crippen LogP contribution in [0.25, 0.3) is 5.69 Å². The van der Waals surface area contributed by atoms with Gasteiger partial charge in [0.1, 0.15) is 5.75 Å². The Bertz CT molecular complexity index is 821. The van der Waals surface area contributed by atoms with Crippen LogP contribution in [0.1, 0.15) is 75.7 Å². The Morgan fingerprint density at radius 2 is 1.55 bits per heavy atom. The summed E-state index contributed by atoms with van der Waals surface area (Å²) in [6.07, 6.45) is 10.4. The number of unbranched alkanes of at least 4 members (excludes halogenated alkanes) is 6. The summed E-state index contributed by atoms with van der Waals surface area (Å²) in [4.78, 5) is 11.7. The molecule has 3 heteroatoms. The third-order valence-corrected chi connectivity index (χ3v) is 5.38. The minimum Gasteiger partial charge on any atom is -0.423 e. The molecule has 0 atom stereocenters. The molecule has 1 aromatic carbocycles. The van der Waals surface area contributed by atoms with Crippen molar-refractivity contribution in [3.05, 3.63) is 65.5 Å². The molecule has 0 spiro atoms. The van der Waals surface area contributed by atoms with Crippen molar-refractivity contribution in [2.24, 2.45) is 0 Å². The normalized spacial score (nSPS) is 10.8. The van der Waals surface area contributed by atoms with Crippen LogP contribution in [0.3, 0.4) is 0 Å². The third kappa shape index (κ3) is 6.85. The molecular weight excluding hydrogens is 358 g/mol. The van der Waals surface area contributed by atoms with E-state index >= 15 is 0 Å². The molecule has 0 fully saturated rings. The van der Waals surface area contributed by atoms with Crippen LogP contribution in [-0.4, -0.2) is 5.97 Å². The van der Waals surface area contributed by atoms with Crippen LogP contribution in [-0.2, 0) is 11.2 Å². The molecule has 3 nitrogen and oxygen atoms in total. The van der Waals surface area contributed by atoms with Crippen molar-refractivity contribution in [1.82, 2.24) is 0 Å². The van der Waals surface area contributed by atoms with E-state index in [0.29, 0.717) is 11.3 Å². The number of ether oxygens (including phenoxy) is 1. The van der Waals surface area contributed by atoms with Crippen LogP contribution in [0.4, 0.5) is 0 Å². The Morgan fingerprint density at radius 1 is 0.931 bits per heavy atom. The van der Waals surface area contributed by atoms with Gasteiger partial charge in [0.2, 0.25) is 5.69 Å². The first-order valence-corrected chi connectivity index (χ1v) is 10.9. The molecule has 0 N–H and O–H groups in total. The van der Waals surface area contributed by atoms with Crippen LogP contribution in [0.2, 0.25) is 0 Å². The average Bonchev–Trinajstić information content (AvgIpc) is 2.70. The summed E-state index contributed by atoms with van der Waals surface area (Å²) in [6.45, 7) is 11.8. The highest BCUT2D eigenvalue weighted by atomic mass is 16.5. The molecule has 2 aromatic rings. The highest BCUT2D eigenvalue weighted by Gasteiger charge is 2.18. The number of rotatable bonds is 11. The van der Waals surface area contributed by atoms with Gasteiger partial charge in [-0.3, -0.25) is 0 Å². The Kier molecular flexibility index (Phi) is 9.11. The first kappa shape index (κ1) is 22.9. The van der Waals surface area contributed by atoms with E-state index in [2.05, 4.69) is 44.0 Å². The highest BCUT2D eigenvalue weighted by molar-refractivity contribution is 5.88. The maximum atomic E-state index is 11.7. The van der Waals surface area contributed by atoms with Gasteiger partial charge in [0, 0.05) is 43.2 Å². The smallest absolute Gasteiger partial charge is 0.338 e. The molecule has 0 aliphatic rings. The first-order valence-electron chi connectivity index (χ1n) is 10.9. The first-order chi connectivity index (χ1) is 13.9. The quantitative estimate of drug-likeness (QED) is 0.146. The van der Waals surface area contributed by atoms with Crippen molar-refractivity contribution < 1.29 is 14.1 Å². The largest absolute Gasteiger partial charge is 0.423 e. The van der Waals surface area contributed by atoms with E-state index in [1.165, 1.54) is 61.9 Å². The number of hydrogen-bond acceptors (Lipinski definition) is 2. The van der Waals surface area contributed by atoms with E-state index in [4.69, 9.17) is 4.74 Å². The van der Waals surface area contributed by atoms with Crippen LogP contribution in [0, 0.1) is 13.8 Å². The Morgan fingerprint density at radius 3 is 2.17 bits per heavy atom. The predicted octanol–water partition coefficient (Wildman–Crippen LogP) is 6.35. The second-order valence-electron chi connectivity index (χ2n) is 7.96. The van der Waals surface area contributed by atoms with E-state index in [9.17, 15) is 4.79 Å². The highest BCUT2D eigenvalue weighted by Crippen LogP contribution is 2.17. The van der Waals surface area contributed by atoms with Gasteiger partial charge in [0.05, 0.1) is 0 Å². The molecule has 0 radical (unpaired) electrons. The molecule has 1 aromatic heterocycles. The number of benzene rings is 1. The molecule has 29 heavy (non-hydrogen) atoms. The van der Waals surface area contributed by atoms with Crippen molar-refractivity contribution >= 4 is 5.97 Å². The number of hydrogen-bond donors (Lipinski definition) is 0. The molecule has 0 bridgehead atoms. The summed E-state index contributed by atoms with van der Waals surface area (Å²) < 4.78 is 7.58. The molecule has 2 rings (SSSR count). The lowest BCUT2D eigenvalue weighted by atomic mass is 10.0. The summed E-state index contributed by atoms with van der Waals surface area (Å²) in [5.41, 5.74) is 5.35. The van der Waals surface area contributed by atoms with Crippen molar-refractivity contribution in [3.63, 3.8) is 0 Å². The fourth-order valence-corrected chi connectivity index (χ4v) is 3.62. The Labute approximate surface area is 176 Å². The minimum atomic E-state index is -0.394. The van der Waals surface area contributed by atoms with Gasteiger partial charge in [-0.1, -0.05) is 52.0 Å². The number of carbonyl (C=O) groups is 1. The van der Waals surface area contributed by atoms with E-state index in [1.54, 1.807) is 6.92 Å². The topological polar surface area (TPSA) is 30.2 Å². The number of carbonyl (C=O) groups excluding carboxylic acids is 1. The molecule has 0 amide bonds. The second kappa shape index (κ2) is 11.5. The minimum absolute atomic E-state index is 0.394. The standard InChI is InChI=1S/C26H36NO2/c1-6-7-8-9-10-11-12-13-23-15-14-21(4)27(22(23)5)24-16-18-25(19-17-24)29-26(28)20(2)3/h14-19H,2,6-13H2,1,3-5H3/q+1. The molecule has 1 heterocycles. The fourth-order valence-electron chi connectivity index (χ4n) is 3.62. The molecule has 0 saturated carbocycles. The van der Waals surface area contributed by atoms with Crippen LogP contribution in [0.15, 0.2) is 48.6 Å². The Balaban J connectivity index is 2.04. The summed E-state index contributed by atoms with van der Waals surface area (Å²) >= 11 is 0. The SMILES string of the molecule is C=C(C)C(=O)Oc1ccc(-[n+]2c(C)ccc(CCCCCCCCC)c2C)cc1. The zero-order valence-electron chi connectivity index (χ0n) is 18.6. The number of esters is 1. The molecule has 0 aliphatic heterocycles. The van der Waals surface area contributed by atoms with E-state index < -0.39 is 5.97 Å². The molecule has 0 aliphatic carbocycles. The lowest BCUT2D eigenvalue weighted by molar-refractivity contribution is -0.610. The zero-order chi connectivity index (χ0) is 21.2. The fraction of sp³-hybridized carbons (Fsp3) is 0.462. The summed E-state index contributed by atoms with van der Waals surface area (Å²) in [5.74, 6) is 0.145. The van der Waals surface area contributed by atoms with Crippen LogP contribution in [0.5, 0.6) is 5.75 Å². The van der Waals surface area contributed by atoms with E-state index in [0.717, 1.165) is 12.1 Å².